The van der Waals surface area contributed by atoms with Gasteiger partial charge in [-0.1, -0.05) is 29.9 Å². The monoisotopic (exact) mass is 181 g/mol. The van der Waals surface area contributed by atoms with Gasteiger partial charge in [0.2, 0.25) is 0 Å². The fraction of sp³-hybridized carbons (Fsp3) is 0.100. The van der Waals surface area contributed by atoms with Gasteiger partial charge in [-0.25, -0.2) is 4.39 Å². The molecule has 0 saturated heterocycles. The summed E-state index contributed by atoms with van der Waals surface area (Å²) in [6, 6.07) is 7.94. The third-order valence-corrected chi connectivity index (χ3v) is 1.19. The van der Waals surface area contributed by atoms with Crippen molar-refractivity contribution >= 4 is 5.71 Å². The zero-order chi connectivity index (χ0) is 10.1. The van der Waals surface area contributed by atoms with Crippen molar-refractivity contribution in [2.45, 2.75) is 6.92 Å². The maximum Gasteiger partial charge on any atom is 0.123 e. The SMILES string of the molecule is C=CC(C)=NO.Fc1ccccc1. The maximum atomic E-state index is 11.9. The molecule has 0 bridgehead atoms. The molecule has 0 heterocycles. The van der Waals surface area contributed by atoms with Crippen molar-refractivity contribution in [3.63, 3.8) is 0 Å². The second-order valence-corrected chi connectivity index (χ2v) is 2.24. The van der Waals surface area contributed by atoms with Gasteiger partial charge in [-0.15, -0.1) is 0 Å². The zero-order valence-electron chi connectivity index (χ0n) is 7.44. The van der Waals surface area contributed by atoms with Crippen molar-refractivity contribution in [1.82, 2.24) is 0 Å². The highest BCUT2D eigenvalue weighted by molar-refractivity contribution is 5.91. The number of nitrogens with zero attached hydrogens (tertiary/aromatic N) is 1. The van der Waals surface area contributed by atoms with Crippen LogP contribution in [-0.4, -0.2) is 10.9 Å². The van der Waals surface area contributed by atoms with Crippen LogP contribution < -0.4 is 0 Å². The Morgan fingerprint density at radius 2 is 2.00 bits per heavy atom. The number of hydrogen-bond donors (Lipinski definition) is 1. The number of oxime groups is 1. The summed E-state index contributed by atoms with van der Waals surface area (Å²) in [6.45, 7) is 5.00. The Balaban J connectivity index is 0.000000226. The lowest BCUT2D eigenvalue weighted by atomic mass is 10.4. The van der Waals surface area contributed by atoms with Crippen LogP contribution in [0.1, 0.15) is 6.92 Å². The molecule has 0 atom stereocenters. The van der Waals surface area contributed by atoms with Gasteiger partial charge in [-0.3, -0.25) is 0 Å². The first-order chi connectivity index (χ1) is 6.20. The van der Waals surface area contributed by atoms with Gasteiger partial charge in [0.25, 0.3) is 0 Å². The quantitative estimate of drug-likeness (QED) is 0.403. The van der Waals surface area contributed by atoms with Gasteiger partial charge in [-0.2, -0.15) is 0 Å². The van der Waals surface area contributed by atoms with Crippen molar-refractivity contribution in [2.75, 3.05) is 0 Å². The molecule has 0 aromatic heterocycles. The number of rotatable bonds is 1. The van der Waals surface area contributed by atoms with Crippen molar-refractivity contribution in [3.8, 4) is 0 Å². The predicted molar refractivity (Wildman–Crippen MR) is 51.5 cm³/mol. The highest BCUT2D eigenvalue weighted by Crippen LogP contribution is 1.91. The Hall–Kier alpha value is -1.64. The van der Waals surface area contributed by atoms with Gasteiger partial charge in [0.05, 0.1) is 5.71 Å². The minimum Gasteiger partial charge on any atom is -0.411 e. The fourth-order valence-electron chi connectivity index (χ4n) is 0.455. The summed E-state index contributed by atoms with van der Waals surface area (Å²) in [7, 11) is 0. The van der Waals surface area contributed by atoms with Gasteiger partial charge in [0.15, 0.2) is 0 Å². The molecule has 1 aromatic rings. The molecule has 0 unspecified atom stereocenters. The molecule has 0 aliphatic heterocycles. The molecular weight excluding hydrogens is 169 g/mol. The number of allylic oxidation sites excluding steroid dienone is 1. The van der Waals surface area contributed by atoms with Crippen LogP contribution in [0.3, 0.4) is 0 Å². The Labute approximate surface area is 77.0 Å². The molecule has 1 aromatic carbocycles. The summed E-state index contributed by atoms with van der Waals surface area (Å²) in [4.78, 5) is 0. The molecule has 0 amide bonds. The molecule has 3 heteroatoms. The zero-order valence-corrected chi connectivity index (χ0v) is 7.44. The first kappa shape index (κ1) is 11.4. The first-order valence-corrected chi connectivity index (χ1v) is 3.72. The van der Waals surface area contributed by atoms with Crippen LogP contribution in [0.4, 0.5) is 4.39 Å². The highest BCUT2D eigenvalue weighted by Gasteiger charge is 1.77. The Bertz CT molecular complexity index is 270. The number of hydrogen-bond acceptors (Lipinski definition) is 2. The largest absolute Gasteiger partial charge is 0.411 e. The summed E-state index contributed by atoms with van der Waals surface area (Å²) < 4.78 is 11.9. The van der Waals surface area contributed by atoms with Gasteiger partial charge < -0.3 is 5.21 Å². The van der Waals surface area contributed by atoms with E-state index in [0.29, 0.717) is 5.71 Å². The summed E-state index contributed by atoms with van der Waals surface area (Å²) in [5, 5.41) is 10.7. The van der Waals surface area contributed by atoms with Crippen LogP contribution in [0.5, 0.6) is 0 Å². The van der Waals surface area contributed by atoms with Gasteiger partial charge in [-0.05, 0) is 25.1 Å². The van der Waals surface area contributed by atoms with E-state index in [-0.39, 0.29) is 5.82 Å². The van der Waals surface area contributed by atoms with Crippen molar-refractivity contribution in [2.24, 2.45) is 5.16 Å². The Kier molecular flexibility index (Phi) is 6.15. The normalized spacial score (nSPS) is 9.85. The van der Waals surface area contributed by atoms with E-state index in [0.717, 1.165) is 0 Å². The molecule has 0 radical (unpaired) electrons. The molecular formula is C10H12FNO. The maximum absolute atomic E-state index is 11.9. The second kappa shape index (κ2) is 7.03. The lowest BCUT2D eigenvalue weighted by Crippen LogP contribution is -1.78. The number of halogens is 1. The van der Waals surface area contributed by atoms with E-state index >= 15 is 0 Å². The molecule has 0 aliphatic carbocycles. The van der Waals surface area contributed by atoms with E-state index in [4.69, 9.17) is 5.21 Å². The van der Waals surface area contributed by atoms with Crippen molar-refractivity contribution < 1.29 is 9.60 Å². The molecule has 2 nitrogen and oxygen atoms in total. The fourth-order valence-corrected chi connectivity index (χ4v) is 0.455. The van der Waals surface area contributed by atoms with E-state index in [2.05, 4.69) is 11.7 Å². The van der Waals surface area contributed by atoms with E-state index < -0.39 is 0 Å². The average molecular weight is 181 g/mol. The molecule has 0 aliphatic rings. The van der Waals surface area contributed by atoms with Crippen molar-refractivity contribution in [3.05, 3.63) is 48.8 Å². The van der Waals surface area contributed by atoms with Crippen LogP contribution >= 0.6 is 0 Å². The minimum absolute atomic E-state index is 0.178. The van der Waals surface area contributed by atoms with E-state index in [9.17, 15) is 4.39 Å². The van der Waals surface area contributed by atoms with Gasteiger partial charge in [0.1, 0.15) is 5.82 Å². The summed E-state index contributed by atoms with van der Waals surface area (Å²) in [5.41, 5.74) is 0.537. The summed E-state index contributed by atoms with van der Waals surface area (Å²) in [6.07, 6.45) is 1.47. The van der Waals surface area contributed by atoms with Crippen LogP contribution in [0.2, 0.25) is 0 Å². The van der Waals surface area contributed by atoms with E-state index in [1.54, 1.807) is 25.1 Å². The molecule has 1 N–H and O–H groups in total. The van der Waals surface area contributed by atoms with Gasteiger partial charge >= 0.3 is 0 Å². The van der Waals surface area contributed by atoms with Crippen LogP contribution in [0.15, 0.2) is 48.1 Å². The molecule has 0 fully saturated rings. The first-order valence-electron chi connectivity index (χ1n) is 3.72. The van der Waals surface area contributed by atoms with Gasteiger partial charge in [0, 0.05) is 0 Å². The van der Waals surface area contributed by atoms with E-state index in [1.807, 2.05) is 0 Å². The minimum atomic E-state index is -0.178. The standard InChI is InChI=1S/C6H5F.C4H7NO/c7-6-4-2-1-3-5-6;1-3-4(2)5-6/h1-5H;3,6H,1H2,2H3. The Morgan fingerprint density at radius 1 is 1.46 bits per heavy atom. The lowest BCUT2D eigenvalue weighted by Gasteiger charge is -1.78. The van der Waals surface area contributed by atoms with Crippen LogP contribution in [-0.2, 0) is 0 Å². The third kappa shape index (κ3) is 6.75. The molecule has 70 valence electrons. The highest BCUT2D eigenvalue weighted by atomic mass is 19.1. The van der Waals surface area contributed by atoms with Crippen molar-refractivity contribution in [1.29, 1.82) is 0 Å². The topological polar surface area (TPSA) is 32.6 Å². The van der Waals surface area contributed by atoms with E-state index in [1.165, 1.54) is 18.2 Å². The third-order valence-electron chi connectivity index (χ3n) is 1.19. The average Bonchev–Trinajstić information content (AvgIpc) is 2.19. The van der Waals surface area contributed by atoms with Crippen LogP contribution in [0, 0.1) is 5.82 Å². The predicted octanol–water partition coefficient (Wildman–Crippen LogP) is 2.85. The molecule has 0 spiro atoms. The smallest absolute Gasteiger partial charge is 0.123 e. The summed E-state index contributed by atoms with van der Waals surface area (Å²) >= 11 is 0. The Morgan fingerprint density at radius 3 is 2.15 bits per heavy atom. The molecule has 0 saturated carbocycles. The number of benzene rings is 1. The van der Waals surface area contributed by atoms with Crippen LogP contribution in [0.25, 0.3) is 0 Å². The molecule has 1 rings (SSSR count). The molecule has 13 heavy (non-hydrogen) atoms. The lowest BCUT2D eigenvalue weighted by molar-refractivity contribution is 0.319. The summed E-state index contributed by atoms with van der Waals surface area (Å²) in [5.74, 6) is -0.178. The second-order valence-electron chi connectivity index (χ2n) is 2.24.